The van der Waals surface area contributed by atoms with Gasteiger partial charge >= 0.3 is 0 Å². The highest BCUT2D eigenvalue weighted by atomic mass is 79.9. The van der Waals surface area contributed by atoms with Crippen molar-refractivity contribution in [3.05, 3.63) is 112 Å². The van der Waals surface area contributed by atoms with Gasteiger partial charge in [0.2, 0.25) is 0 Å². The lowest BCUT2D eigenvalue weighted by atomic mass is 9.93. The van der Waals surface area contributed by atoms with Gasteiger partial charge in [-0.3, -0.25) is 0 Å². The largest absolute Gasteiger partial charge is 0.399 e. The molecule has 186 valence electrons. The molecule has 2 heterocycles. The van der Waals surface area contributed by atoms with Gasteiger partial charge in [-0.25, -0.2) is 13.4 Å². The summed E-state index contributed by atoms with van der Waals surface area (Å²) in [5, 5.41) is 3.59. The van der Waals surface area contributed by atoms with Crippen molar-refractivity contribution in [2.75, 3.05) is 5.73 Å². The maximum Gasteiger partial charge on any atom is 0.191 e. The molecule has 6 aromatic rings. The normalized spacial score (nSPS) is 15.3. The fraction of sp³-hybridized carbons (Fsp3) is 0.0645. The topological polar surface area (TPSA) is 88.3 Å². The molecule has 1 unspecified atom stereocenters. The van der Waals surface area contributed by atoms with Gasteiger partial charge in [0.15, 0.2) is 9.84 Å². The van der Waals surface area contributed by atoms with Crippen molar-refractivity contribution in [2.45, 2.75) is 17.1 Å². The molecule has 5 aromatic carbocycles. The zero-order chi connectivity index (χ0) is 26.2. The van der Waals surface area contributed by atoms with E-state index in [1.165, 1.54) is 0 Å². The summed E-state index contributed by atoms with van der Waals surface area (Å²) in [4.78, 5) is 8.70. The molecule has 1 aliphatic rings. The van der Waals surface area contributed by atoms with Crippen LogP contribution < -0.4 is 5.73 Å². The van der Waals surface area contributed by atoms with Crippen molar-refractivity contribution in [2.24, 2.45) is 4.99 Å². The molecule has 1 aromatic heterocycles. The van der Waals surface area contributed by atoms with Gasteiger partial charge in [0, 0.05) is 43.8 Å². The number of nitrogen functional groups attached to an aromatic ring is 1. The number of aromatic amines is 1. The number of rotatable bonds is 3. The van der Waals surface area contributed by atoms with Crippen LogP contribution in [0.5, 0.6) is 0 Å². The van der Waals surface area contributed by atoms with Gasteiger partial charge in [-0.2, -0.15) is 0 Å². The van der Waals surface area contributed by atoms with Crippen molar-refractivity contribution in [3.8, 4) is 0 Å². The Balaban J connectivity index is 1.62. The van der Waals surface area contributed by atoms with Crippen molar-refractivity contribution in [1.82, 2.24) is 4.98 Å². The molecule has 7 heteroatoms. The molecule has 1 atom stereocenters. The van der Waals surface area contributed by atoms with Crippen LogP contribution in [-0.4, -0.2) is 19.1 Å². The van der Waals surface area contributed by atoms with E-state index in [1.807, 2.05) is 85.9 Å². The zero-order valence-corrected chi connectivity index (χ0v) is 22.8. The lowest BCUT2D eigenvalue weighted by Crippen LogP contribution is -2.21. The number of aryl methyl sites for hydroxylation is 1. The number of hydrogen-bond acceptors (Lipinski definition) is 4. The Labute approximate surface area is 228 Å². The molecule has 0 bridgehead atoms. The number of aromatic nitrogens is 1. The first-order valence-electron chi connectivity index (χ1n) is 12.2. The number of H-pyrrole nitrogens is 1. The Kier molecular flexibility index (Phi) is 5.05. The lowest BCUT2D eigenvalue weighted by Gasteiger charge is -2.19. The Morgan fingerprint density at radius 1 is 0.842 bits per heavy atom. The van der Waals surface area contributed by atoms with Gasteiger partial charge in [-0.1, -0.05) is 64.0 Å². The number of nitrogens with zero attached hydrogens (tertiary/aromatic N) is 1. The van der Waals surface area contributed by atoms with Gasteiger partial charge in [0.05, 0.1) is 16.3 Å². The number of benzene rings is 5. The van der Waals surface area contributed by atoms with E-state index in [9.17, 15) is 8.42 Å². The van der Waals surface area contributed by atoms with Gasteiger partial charge < -0.3 is 10.7 Å². The molecular formula is C31H22BrN3O2S. The second-order valence-corrected chi connectivity index (χ2v) is 12.7. The fourth-order valence-electron chi connectivity index (χ4n) is 5.59. The molecule has 0 fully saturated rings. The maximum absolute atomic E-state index is 14.6. The average Bonchev–Trinajstić information content (AvgIpc) is 3.51. The van der Waals surface area contributed by atoms with Crippen molar-refractivity contribution >= 4 is 75.3 Å². The third-order valence-corrected chi connectivity index (χ3v) is 9.89. The summed E-state index contributed by atoms with van der Waals surface area (Å²) < 4.78 is 30.0. The number of fused-ring (bicyclic) bond motifs is 7. The van der Waals surface area contributed by atoms with E-state index in [0.29, 0.717) is 22.6 Å². The number of hydrogen-bond donors (Lipinski definition) is 2. The maximum atomic E-state index is 14.6. The Morgan fingerprint density at radius 2 is 1.58 bits per heavy atom. The predicted molar refractivity (Wildman–Crippen MR) is 159 cm³/mol. The van der Waals surface area contributed by atoms with Crippen LogP contribution in [0.4, 0.5) is 11.4 Å². The van der Waals surface area contributed by atoms with Crippen LogP contribution in [0.15, 0.2) is 105 Å². The van der Waals surface area contributed by atoms with Gasteiger partial charge in [-0.15, -0.1) is 0 Å². The first kappa shape index (κ1) is 23.2. The first-order valence-corrected chi connectivity index (χ1v) is 14.6. The van der Waals surface area contributed by atoms with Gasteiger partial charge in [0.25, 0.3) is 0 Å². The lowest BCUT2D eigenvalue weighted by molar-refractivity contribution is 0.593. The molecule has 0 radical (unpaired) electrons. The van der Waals surface area contributed by atoms with Crippen LogP contribution in [0.25, 0.3) is 32.4 Å². The van der Waals surface area contributed by atoms with E-state index in [1.54, 1.807) is 12.1 Å². The van der Waals surface area contributed by atoms with E-state index in [0.717, 1.165) is 48.0 Å². The molecule has 0 saturated carbocycles. The van der Waals surface area contributed by atoms with Crippen LogP contribution in [0.3, 0.4) is 0 Å². The molecule has 7 rings (SSSR count). The van der Waals surface area contributed by atoms with Crippen LogP contribution in [0.2, 0.25) is 0 Å². The van der Waals surface area contributed by atoms with Crippen molar-refractivity contribution < 1.29 is 8.42 Å². The number of nitrogens with two attached hydrogens (primary N) is 1. The van der Waals surface area contributed by atoms with Gasteiger partial charge in [0.1, 0.15) is 5.25 Å². The molecule has 3 N–H and O–H groups in total. The van der Waals surface area contributed by atoms with Crippen LogP contribution in [0.1, 0.15) is 21.9 Å². The van der Waals surface area contributed by atoms with E-state index in [2.05, 4.69) is 20.9 Å². The van der Waals surface area contributed by atoms with E-state index >= 15 is 0 Å². The predicted octanol–water partition coefficient (Wildman–Crippen LogP) is 7.78. The summed E-state index contributed by atoms with van der Waals surface area (Å²) in [7, 11) is -3.89. The van der Waals surface area contributed by atoms with Crippen LogP contribution in [-0.2, 0) is 9.84 Å². The molecule has 0 amide bonds. The minimum Gasteiger partial charge on any atom is -0.399 e. The Bertz CT molecular complexity index is 2080. The monoisotopic (exact) mass is 579 g/mol. The minimum atomic E-state index is -3.89. The van der Waals surface area contributed by atoms with E-state index in [4.69, 9.17) is 10.7 Å². The van der Waals surface area contributed by atoms with Crippen molar-refractivity contribution in [1.29, 1.82) is 0 Å². The second-order valence-electron chi connectivity index (χ2n) is 9.74. The smallest absolute Gasteiger partial charge is 0.191 e. The summed E-state index contributed by atoms with van der Waals surface area (Å²) in [6.45, 7) is 1.94. The number of aliphatic imine (C=N–C) groups is 1. The van der Waals surface area contributed by atoms with Gasteiger partial charge in [-0.05, 0) is 65.5 Å². The first-order chi connectivity index (χ1) is 18.3. The Hall–Kier alpha value is -3.94. The molecule has 0 spiro atoms. The summed E-state index contributed by atoms with van der Waals surface area (Å²) >= 11 is 3.57. The number of halogens is 1. The van der Waals surface area contributed by atoms with Crippen molar-refractivity contribution in [3.63, 3.8) is 0 Å². The third-order valence-electron chi connectivity index (χ3n) is 7.38. The van der Waals surface area contributed by atoms with E-state index < -0.39 is 15.1 Å². The third kappa shape index (κ3) is 3.35. The molecule has 1 aliphatic heterocycles. The standard InChI is InChI=1S/C31H22BrN3O2S/c1-17-6-10-20(11-7-17)38(36,37)31-28-25-15-19(33)9-12-22(25)21-4-2-3-5-23(21)29(28)35-30(31)26-16-34-27-13-8-18(32)14-24(26)27/h2-16,31,34H,33H2,1H3. The summed E-state index contributed by atoms with van der Waals surface area (Å²) in [5.41, 5.74) is 11.4. The number of sulfone groups is 1. The SMILES string of the molecule is Cc1ccc(S(=O)(=O)C2C(c3c[nH]c4ccc(Br)cc34)=Nc3c2c2cc(N)ccc2c2ccccc32)cc1. The fourth-order valence-corrected chi connectivity index (χ4v) is 7.76. The number of nitrogens with one attached hydrogen (secondary N) is 1. The highest BCUT2D eigenvalue weighted by molar-refractivity contribution is 9.10. The summed E-state index contributed by atoms with van der Waals surface area (Å²) in [6.07, 6.45) is 1.86. The summed E-state index contributed by atoms with van der Waals surface area (Å²) in [6, 6.07) is 26.7. The zero-order valence-electron chi connectivity index (χ0n) is 20.4. The summed E-state index contributed by atoms with van der Waals surface area (Å²) in [5.74, 6) is 0. The molecular weight excluding hydrogens is 558 g/mol. The highest BCUT2D eigenvalue weighted by Crippen LogP contribution is 2.51. The van der Waals surface area contributed by atoms with Crippen LogP contribution >= 0.6 is 15.9 Å². The molecule has 5 nitrogen and oxygen atoms in total. The highest BCUT2D eigenvalue weighted by Gasteiger charge is 2.42. The second kappa shape index (κ2) is 8.28. The molecule has 38 heavy (non-hydrogen) atoms. The number of anilines is 1. The average molecular weight is 581 g/mol. The molecule has 0 saturated heterocycles. The van der Waals surface area contributed by atoms with E-state index in [-0.39, 0.29) is 4.90 Å². The quantitative estimate of drug-likeness (QED) is 0.166. The van der Waals surface area contributed by atoms with Crippen LogP contribution in [0, 0.1) is 6.92 Å². The minimum absolute atomic E-state index is 0.264. The molecule has 0 aliphatic carbocycles. The Morgan fingerprint density at radius 3 is 2.37 bits per heavy atom.